The largest absolute Gasteiger partial charge is 0.479 e. The van der Waals surface area contributed by atoms with Crippen molar-refractivity contribution in [1.29, 1.82) is 0 Å². The van der Waals surface area contributed by atoms with Gasteiger partial charge in [0.25, 0.3) is 0 Å². The Morgan fingerprint density at radius 1 is 1.35 bits per heavy atom. The first kappa shape index (κ1) is 11.0. The fraction of sp³-hybridized carbons (Fsp3) is 0.0909. The van der Waals surface area contributed by atoms with Crippen LogP contribution in [0.4, 0.5) is 0 Å². The van der Waals surface area contributed by atoms with Crippen molar-refractivity contribution in [3.05, 3.63) is 36.3 Å². The van der Waals surface area contributed by atoms with Crippen LogP contribution < -0.4 is 4.74 Å². The zero-order valence-corrected chi connectivity index (χ0v) is 8.99. The van der Waals surface area contributed by atoms with E-state index in [2.05, 4.69) is 15.0 Å². The van der Waals surface area contributed by atoms with Gasteiger partial charge >= 0.3 is 5.97 Å². The van der Waals surface area contributed by atoms with Crippen molar-refractivity contribution >= 4 is 5.97 Å². The number of methoxy groups -OCH3 is 1. The second kappa shape index (κ2) is 4.56. The molecule has 0 radical (unpaired) electrons. The Balaban J connectivity index is 2.58. The highest BCUT2D eigenvalue weighted by Crippen LogP contribution is 2.23. The molecule has 2 heterocycles. The topological polar surface area (TPSA) is 85.2 Å². The number of carbonyl (C=O) groups is 1. The van der Waals surface area contributed by atoms with Crippen LogP contribution in [0.15, 0.2) is 30.6 Å². The number of pyridine rings is 1. The average Bonchev–Trinajstić information content (AvgIpc) is 2.39. The monoisotopic (exact) mass is 231 g/mol. The Morgan fingerprint density at radius 3 is 2.76 bits per heavy atom. The van der Waals surface area contributed by atoms with Crippen LogP contribution in [-0.2, 0) is 0 Å². The highest BCUT2D eigenvalue weighted by Gasteiger charge is 2.14. The Morgan fingerprint density at radius 2 is 2.18 bits per heavy atom. The first-order valence-corrected chi connectivity index (χ1v) is 4.78. The average molecular weight is 231 g/mol. The molecule has 0 unspecified atom stereocenters. The van der Waals surface area contributed by atoms with Crippen LogP contribution in [0.25, 0.3) is 11.4 Å². The first-order valence-electron chi connectivity index (χ1n) is 4.78. The van der Waals surface area contributed by atoms with Crippen LogP contribution in [0.2, 0.25) is 0 Å². The third-order valence-corrected chi connectivity index (χ3v) is 2.06. The fourth-order valence-electron chi connectivity index (χ4n) is 1.30. The maximum absolute atomic E-state index is 10.8. The van der Waals surface area contributed by atoms with Gasteiger partial charge in [0, 0.05) is 6.20 Å². The normalized spacial score (nSPS) is 9.94. The van der Waals surface area contributed by atoms with Crippen molar-refractivity contribution in [3.63, 3.8) is 0 Å². The minimum Gasteiger partial charge on any atom is -0.479 e. The van der Waals surface area contributed by atoms with Gasteiger partial charge in [-0.3, -0.25) is 4.98 Å². The lowest BCUT2D eigenvalue weighted by molar-refractivity contribution is 0.0690. The molecule has 6 heteroatoms. The molecule has 6 nitrogen and oxygen atoms in total. The molecule has 0 aromatic carbocycles. The summed E-state index contributed by atoms with van der Waals surface area (Å²) in [5.41, 5.74) is 0.680. The molecule has 0 aliphatic rings. The van der Waals surface area contributed by atoms with Crippen molar-refractivity contribution in [2.75, 3.05) is 7.11 Å². The molecular formula is C11H9N3O3. The van der Waals surface area contributed by atoms with Gasteiger partial charge in [-0.15, -0.1) is 0 Å². The molecule has 0 spiro atoms. The maximum Gasteiger partial charge on any atom is 0.356 e. The predicted molar refractivity (Wildman–Crippen MR) is 58.8 cm³/mol. The van der Waals surface area contributed by atoms with Crippen molar-refractivity contribution in [2.24, 2.45) is 0 Å². The number of ether oxygens (including phenoxy) is 1. The number of hydrogen-bond donors (Lipinski definition) is 1. The highest BCUT2D eigenvalue weighted by atomic mass is 16.5. The van der Waals surface area contributed by atoms with Crippen LogP contribution in [-0.4, -0.2) is 33.1 Å². The van der Waals surface area contributed by atoms with E-state index >= 15 is 0 Å². The molecule has 0 bridgehead atoms. The van der Waals surface area contributed by atoms with E-state index in [1.165, 1.54) is 7.11 Å². The summed E-state index contributed by atoms with van der Waals surface area (Å²) in [5, 5.41) is 8.86. The standard InChI is InChI=1S/C11H9N3O3/c1-17-10-9(7-4-2-3-5-12-7)14-8(6-13-10)11(15)16/h2-6H,1H3,(H,15,16). The molecule has 0 fully saturated rings. The van der Waals surface area contributed by atoms with Crippen molar-refractivity contribution in [1.82, 2.24) is 15.0 Å². The molecule has 2 aromatic rings. The molecule has 0 saturated heterocycles. The Kier molecular flexibility index (Phi) is 2.95. The number of carboxylic acid groups (broad SMARTS) is 1. The number of carboxylic acids is 1. The van der Waals surface area contributed by atoms with E-state index in [9.17, 15) is 4.79 Å². The summed E-state index contributed by atoms with van der Waals surface area (Å²) >= 11 is 0. The van der Waals surface area contributed by atoms with Crippen LogP contribution in [0.1, 0.15) is 10.5 Å². The zero-order valence-electron chi connectivity index (χ0n) is 8.99. The summed E-state index contributed by atoms with van der Waals surface area (Å²) in [7, 11) is 1.44. The summed E-state index contributed by atoms with van der Waals surface area (Å²) < 4.78 is 5.03. The molecule has 0 atom stereocenters. The third kappa shape index (κ3) is 2.20. The number of nitrogens with zero attached hydrogens (tertiary/aromatic N) is 3. The van der Waals surface area contributed by atoms with E-state index < -0.39 is 5.97 Å². The molecule has 2 rings (SSSR count). The Labute approximate surface area is 96.9 Å². The van der Waals surface area contributed by atoms with Gasteiger partial charge in [0.05, 0.1) is 19.0 Å². The first-order chi connectivity index (χ1) is 8.22. The van der Waals surface area contributed by atoms with Crippen molar-refractivity contribution in [2.45, 2.75) is 0 Å². The van der Waals surface area contributed by atoms with E-state index in [-0.39, 0.29) is 11.6 Å². The molecule has 2 aromatic heterocycles. The molecule has 0 aliphatic carbocycles. The van der Waals surface area contributed by atoms with Gasteiger partial charge in [-0.1, -0.05) is 6.07 Å². The summed E-state index contributed by atoms with van der Waals surface area (Å²) in [6.45, 7) is 0. The Bertz CT molecular complexity index is 543. The molecule has 86 valence electrons. The summed E-state index contributed by atoms with van der Waals surface area (Å²) in [6.07, 6.45) is 2.73. The highest BCUT2D eigenvalue weighted by molar-refractivity contribution is 5.85. The van der Waals surface area contributed by atoms with E-state index in [0.717, 1.165) is 6.20 Å². The molecule has 17 heavy (non-hydrogen) atoms. The number of rotatable bonds is 3. The number of aromatic carboxylic acids is 1. The maximum atomic E-state index is 10.8. The van der Waals surface area contributed by atoms with E-state index in [4.69, 9.17) is 9.84 Å². The molecule has 1 N–H and O–H groups in total. The lowest BCUT2D eigenvalue weighted by Gasteiger charge is -2.06. The molecule has 0 aliphatic heterocycles. The van der Waals surface area contributed by atoms with Gasteiger partial charge in [0.15, 0.2) is 11.4 Å². The van der Waals surface area contributed by atoms with E-state index in [0.29, 0.717) is 11.4 Å². The van der Waals surface area contributed by atoms with Gasteiger partial charge < -0.3 is 9.84 Å². The second-order valence-corrected chi connectivity index (χ2v) is 3.13. The Hall–Kier alpha value is -2.50. The SMILES string of the molecule is COc1ncc(C(=O)O)nc1-c1ccccn1. The quantitative estimate of drug-likeness (QED) is 0.855. The van der Waals surface area contributed by atoms with Crippen molar-refractivity contribution in [3.8, 4) is 17.3 Å². The third-order valence-electron chi connectivity index (χ3n) is 2.06. The van der Waals surface area contributed by atoms with Gasteiger partial charge in [0.1, 0.15) is 0 Å². The molecule has 0 saturated carbocycles. The van der Waals surface area contributed by atoms with Crippen LogP contribution in [0.5, 0.6) is 5.88 Å². The summed E-state index contributed by atoms with van der Waals surface area (Å²) in [4.78, 5) is 22.8. The van der Waals surface area contributed by atoms with Gasteiger partial charge in [0.2, 0.25) is 5.88 Å². The van der Waals surface area contributed by atoms with Crippen LogP contribution >= 0.6 is 0 Å². The minimum atomic E-state index is -1.14. The van der Waals surface area contributed by atoms with Crippen molar-refractivity contribution < 1.29 is 14.6 Å². The van der Waals surface area contributed by atoms with Gasteiger partial charge in [-0.05, 0) is 12.1 Å². The van der Waals surface area contributed by atoms with Crippen LogP contribution in [0, 0.1) is 0 Å². The van der Waals surface area contributed by atoms with Gasteiger partial charge in [-0.2, -0.15) is 0 Å². The molecule has 0 amide bonds. The lowest BCUT2D eigenvalue weighted by Crippen LogP contribution is -2.05. The molecular weight excluding hydrogens is 222 g/mol. The van der Waals surface area contributed by atoms with E-state index in [1.807, 2.05) is 0 Å². The van der Waals surface area contributed by atoms with E-state index in [1.54, 1.807) is 24.4 Å². The number of hydrogen-bond acceptors (Lipinski definition) is 5. The summed E-state index contributed by atoms with van der Waals surface area (Å²) in [6, 6.07) is 5.24. The van der Waals surface area contributed by atoms with Crippen LogP contribution in [0.3, 0.4) is 0 Å². The number of aromatic nitrogens is 3. The summed E-state index contributed by atoms with van der Waals surface area (Å²) in [5.74, 6) is -0.897. The second-order valence-electron chi connectivity index (χ2n) is 3.13. The minimum absolute atomic E-state index is 0.147. The fourth-order valence-corrected chi connectivity index (χ4v) is 1.30. The lowest BCUT2D eigenvalue weighted by atomic mass is 10.2. The predicted octanol–water partition coefficient (Wildman–Crippen LogP) is 1.25. The van der Waals surface area contributed by atoms with Gasteiger partial charge in [-0.25, -0.2) is 14.8 Å². The zero-order chi connectivity index (χ0) is 12.3. The smallest absolute Gasteiger partial charge is 0.356 e.